The number of aryl methyl sites for hydroxylation is 1. The van der Waals surface area contributed by atoms with Gasteiger partial charge in [-0.2, -0.15) is 0 Å². The molecule has 0 bridgehead atoms. The molecule has 0 unspecified atom stereocenters. The molecule has 2 atom stereocenters. The van der Waals surface area contributed by atoms with E-state index in [-0.39, 0.29) is 29.9 Å². The van der Waals surface area contributed by atoms with Crippen molar-refractivity contribution in [3.63, 3.8) is 0 Å². The Hall–Kier alpha value is -3.12. The van der Waals surface area contributed by atoms with Crippen LogP contribution < -0.4 is 15.4 Å². The van der Waals surface area contributed by atoms with Gasteiger partial charge in [0.2, 0.25) is 11.8 Å². The number of methoxy groups -OCH3 is 1. The fraction of sp³-hybridized carbons (Fsp3) is 0.292. The summed E-state index contributed by atoms with van der Waals surface area (Å²) >= 11 is 6.15. The largest absolute Gasteiger partial charge is 0.497 e. The fourth-order valence-corrected chi connectivity index (χ4v) is 4.38. The van der Waals surface area contributed by atoms with Gasteiger partial charge in [-0.3, -0.25) is 14.4 Å². The molecule has 0 fully saturated rings. The summed E-state index contributed by atoms with van der Waals surface area (Å²) in [4.78, 5) is 38.4. The SMILES string of the molecule is COc1ccc([C@@H]2CC(=O)C3=C(C2)NC(=O)C[C@@H]3C(=O)Nc2ccc(C)c(Cl)c2)cc1. The first kappa shape index (κ1) is 21.1. The zero-order chi connectivity index (χ0) is 22.1. The first-order chi connectivity index (χ1) is 14.9. The lowest BCUT2D eigenvalue weighted by Gasteiger charge is -2.33. The fourth-order valence-electron chi connectivity index (χ4n) is 4.20. The normalized spacial score (nSPS) is 20.7. The van der Waals surface area contributed by atoms with Crippen molar-refractivity contribution in [2.45, 2.75) is 32.1 Å². The van der Waals surface area contributed by atoms with Crippen LogP contribution in [0, 0.1) is 12.8 Å². The summed E-state index contributed by atoms with van der Waals surface area (Å²) in [5.74, 6) is -0.875. The second kappa shape index (κ2) is 8.55. The molecule has 1 aliphatic heterocycles. The number of allylic oxidation sites excluding steroid dienone is 1. The molecule has 2 aromatic rings. The minimum Gasteiger partial charge on any atom is -0.497 e. The van der Waals surface area contributed by atoms with Crippen molar-refractivity contribution in [1.82, 2.24) is 5.32 Å². The van der Waals surface area contributed by atoms with Gasteiger partial charge < -0.3 is 15.4 Å². The van der Waals surface area contributed by atoms with Crippen LogP contribution in [0.1, 0.15) is 36.3 Å². The molecule has 6 nitrogen and oxygen atoms in total. The lowest BCUT2D eigenvalue weighted by Crippen LogP contribution is -2.43. The third kappa shape index (κ3) is 4.35. The Balaban J connectivity index is 1.58. The number of anilines is 1. The maximum Gasteiger partial charge on any atom is 0.232 e. The van der Waals surface area contributed by atoms with Crippen LogP contribution in [-0.2, 0) is 14.4 Å². The molecule has 0 spiro atoms. The smallest absolute Gasteiger partial charge is 0.232 e. The maximum atomic E-state index is 13.1. The van der Waals surface area contributed by atoms with Gasteiger partial charge in [0.15, 0.2) is 5.78 Å². The zero-order valence-corrected chi connectivity index (χ0v) is 18.1. The minimum absolute atomic E-state index is 0.0524. The van der Waals surface area contributed by atoms with Gasteiger partial charge in [-0.15, -0.1) is 0 Å². The van der Waals surface area contributed by atoms with Gasteiger partial charge in [-0.1, -0.05) is 29.8 Å². The number of halogens is 1. The second-order valence-electron chi connectivity index (χ2n) is 7.95. The highest BCUT2D eigenvalue weighted by molar-refractivity contribution is 6.31. The molecule has 0 radical (unpaired) electrons. The highest BCUT2D eigenvalue weighted by Gasteiger charge is 2.40. The van der Waals surface area contributed by atoms with Crippen LogP contribution in [0.15, 0.2) is 53.7 Å². The van der Waals surface area contributed by atoms with Crippen LogP contribution in [0.4, 0.5) is 5.69 Å². The Morgan fingerprint density at radius 1 is 1.10 bits per heavy atom. The Labute approximate surface area is 185 Å². The van der Waals surface area contributed by atoms with Gasteiger partial charge in [-0.25, -0.2) is 0 Å². The van der Waals surface area contributed by atoms with Gasteiger partial charge in [0.1, 0.15) is 5.75 Å². The van der Waals surface area contributed by atoms with E-state index in [9.17, 15) is 14.4 Å². The van der Waals surface area contributed by atoms with Crippen LogP contribution in [0.3, 0.4) is 0 Å². The lowest BCUT2D eigenvalue weighted by molar-refractivity contribution is -0.129. The van der Waals surface area contributed by atoms with Gasteiger partial charge in [0, 0.05) is 34.8 Å². The molecular formula is C24H23ClN2O4. The number of hydrogen-bond donors (Lipinski definition) is 2. The molecule has 2 N–H and O–H groups in total. The van der Waals surface area contributed by atoms with E-state index in [1.165, 1.54) is 0 Å². The summed E-state index contributed by atoms with van der Waals surface area (Å²) in [6.07, 6.45) is 0.740. The topological polar surface area (TPSA) is 84.5 Å². The Bertz CT molecular complexity index is 1090. The highest BCUT2D eigenvalue weighted by atomic mass is 35.5. The number of nitrogens with one attached hydrogen (secondary N) is 2. The number of amides is 2. The second-order valence-corrected chi connectivity index (χ2v) is 8.36. The molecule has 0 aromatic heterocycles. The number of hydrogen-bond acceptors (Lipinski definition) is 4. The van der Waals surface area contributed by atoms with Crippen molar-refractivity contribution in [1.29, 1.82) is 0 Å². The summed E-state index contributed by atoms with van der Waals surface area (Å²) in [5, 5.41) is 6.17. The van der Waals surface area contributed by atoms with Gasteiger partial charge in [0.25, 0.3) is 0 Å². The molecule has 2 amide bonds. The van der Waals surface area contributed by atoms with E-state index in [2.05, 4.69) is 10.6 Å². The van der Waals surface area contributed by atoms with Crippen LogP contribution in [0.25, 0.3) is 0 Å². The summed E-state index contributed by atoms with van der Waals surface area (Å²) in [5.41, 5.74) is 3.40. The number of Topliss-reactive ketones (excluding diaryl/α,β-unsaturated/α-hetero) is 1. The van der Waals surface area contributed by atoms with Gasteiger partial charge in [0.05, 0.1) is 13.0 Å². The number of ketones is 1. The average molecular weight is 439 g/mol. The van der Waals surface area contributed by atoms with E-state index in [1.807, 2.05) is 31.2 Å². The number of rotatable bonds is 4. The third-order valence-electron chi connectivity index (χ3n) is 5.88. The first-order valence-electron chi connectivity index (χ1n) is 10.1. The first-order valence-corrected chi connectivity index (χ1v) is 10.5. The third-order valence-corrected chi connectivity index (χ3v) is 6.29. The monoisotopic (exact) mass is 438 g/mol. The van der Waals surface area contributed by atoms with E-state index < -0.39 is 5.92 Å². The molecule has 2 aromatic carbocycles. The summed E-state index contributed by atoms with van der Waals surface area (Å²) in [6, 6.07) is 12.8. The predicted molar refractivity (Wildman–Crippen MR) is 118 cm³/mol. The average Bonchev–Trinajstić information content (AvgIpc) is 2.75. The molecule has 0 saturated carbocycles. The minimum atomic E-state index is -0.812. The molecule has 160 valence electrons. The molecule has 2 aliphatic rings. The Morgan fingerprint density at radius 3 is 2.52 bits per heavy atom. The zero-order valence-electron chi connectivity index (χ0n) is 17.3. The van der Waals surface area contributed by atoms with Crippen LogP contribution in [-0.4, -0.2) is 24.7 Å². The summed E-state index contributed by atoms with van der Waals surface area (Å²) < 4.78 is 5.19. The number of benzene rings is 2. The van der Waals surface area contributed by atoms with E-state index >= 15 is 0 Å². The van der Waals surface area contributed by atoms with E-state index in [0.29, 0.717) is 34.8 Å². The standard InChI is InChI=1S/C24H23ClN2O4/c1-13-3-6-16(11-19(13)25)26-24(30)18-12-22(29)27-20-9-15(10-21(28)23(18)20)14-4-7-17(31-2)8-5-14/h3-8,11,15,18H,9-10,12H2,1-2H3,(H,26,30)(H,27,29)/t15-,18-/m0/s1. The molecule has 0 saturated heterocycles. The molecule has 7 heteroatoms. The van der Waals surface area contributed by atoms with Crippen LogP contribution >= 0.6 is 11.6 Å². The predicted octanol–water partition coefficient (Wildman–Crippen LogP) is 4.13. The quantitative estimate of drug-likeness (QED) is 0.751. The number of carbonyl (C=O) groups excluding carboxylic acids is 3. The lowest BCUT2D eigenvalue weighted by atomic mass is 9.75. The van der Waals surface area contributed by atoms with E-state index in [4.69, 9.17) is 16.3 Å². The Morgan fingerprint density at radius 2 is 1.84 bits per heavy atom. The van der Waals surface area contributed by atoms with E-state index in [1.54, 1.807) is 25.3 Å². The molecule has 31 heavy (non-hydrogen) atoms. The van der Waals surface area contributed by atoms with Crippen molar-refractivity contribution in [2.24, 2.45) is 5.92 Å². The van der Waals surface area contributed by atoms with Crippen molar-refractivity contribution < 1.29 is 19.1 Å². The number of carbonyl (C=O) groups is 3. The van der Waals surface area contributed by atoms with Gasteiger partial charge in [-0.05, 0) is 54.7 Å². The highest BCUT2D eigenvalue weighted by Crippen LogP contribution is 2.39. The summed E-state index contributed by atoms with van der Waals surface area (Å²) in [7, 11) is 1.60. The summed E-state index contributed by atoms with van der Waals surface area (Å²) in [6.45, 7) is 1.87. The number of ether oxygens (including phenoxy) is 1. The van der Waals surface area contributed by atoms with E-state index in [0.717, 1.165) is 16.9 Å². The van der Waals surface area contributed by atoms with Gasteiger partial charge >= 0.3 is 0 Å². The molecule has 4 rings (SSSR count). The van der Waals surface area contributed by atoms with Crippen molar-refractivity contribution >= 4 is 34.9 Å². The molecule has 1 heterocycles. The van der Waals surface area contributed by atoms with Crippen molar-refractivity contribution in [3.8, 4) is 5.75 Å². The maximum absolute atomic E-state index is 13.1. The molecular weight excluding hydrogens is 416 g/mol. The molecule has 1 aliphatic carbocycles. The van der Waals surface area contributed by atoms with Crippen LogP contribution in [0.5, 0.6) is 5.75 Å². The Kier molecular flexibility index (Phi) is 5.83. The van der Waals surface area contributed by atoms with Crippen LogP contribution in [0.2, 0.25) is 5.02 Å². The van der Waals surface area contributed by atoms with Crippen molar-refractivity contribution in [3.05, 3.63) is 69.9 Å². The van der Waals surface area contributed by atoms with Crippen molar-refractivity contribution in [2.75, 3.05) is 12.4 Å².